The van der Waals surface area contributed by atoms with E-state index in [0.29, 0.717) is 12.4 Å². The van der Waals surface area contributed by atoms with Crippen LogP contribution in [-0.2, 0) is 0 Å². The molecule has 10 heteroatoms. The largest absolute Gasteiger partial charge is 0.351 e. The molecule has 1 aromatic rings. The summed E-state index contributed by atoms with van der Waals surface area (Å²) in [6.45, 7) is 14.3. The average molecular weight is 421 g/mol. The minimum Gasteiger partial charge on any atom is -0.351 e. The summed E-state index contributed by atoms with van der Waals surface area (Å²) in [5, 5.41) is 3.16. The van der Waals surface area contributed by atoms with Gasteiger partial charge in [-0.25, -0.2) is 24.6 Å². The van der Waals surface area contributed by atoms with Gasteiger partial charge >= 0.3 is 6.03 Å². The molecule has 0 aromatic carbocycles. The van der Waals surface area contributed by atoms with Crippen molar-refractivity contribution in [1.29, 1.82) is 0 Å². The van der Waals surface area contributed by atoms with Gasteiger partial charge < -0.3 is 15.1 Å². The second-order valence-corrected chi connectivity index (χ2v) is 9.15. The molecule has 30 heavy (non-hydrogen) atoms. The Kier molecular flexibility index (Phi) is 5.58. The maximum atomic E-state index is 14.2. The molecule has 3 aliphatic heterocycles. The molecule has 0 aliphatic carbocycles. The van der Waals surface area contributed by atoms with Gasteiger partial charge in [0.25, 0.3) is 0 Å². The SMILES string of the molecule is CCN1CCN(C(=O)N2CC3C(Nc4nc(C)ncc4F)NNC3C2(C)C)[C@@H](C)C1. The summed E-state index contributed by atoms with van der Waals surface area (Å²) in [5.41, 5.74) is 6.17. The number of nitrogens with one attached hydrogen (secondary N) is 3. The van der Waals surface area contributed by atoms with Crippen LogP contribution in [0.5, 0.6) is 0 Å². The number of fused-ring (bicyclic) bond motifs is 1. The third-order valence-corrected chi connectivity index (χ3v) is 6.89. The Balaban J connectivity index is 1.49. The van der Waals surface area contributed by atoms with Gasteiger partial charge in [0.1, 0.15) is 5.82 Å². The Hall–Kier alpha value is -2.04. The fourth-order valence-corrected chi connectivity index (χ4v) is 5.04. The normalized spacial score (nSPS) is 31.1. The van der Waals surface area contributed by atoms with Crippen LogP contribution >= 0.6 is 0 Å². The van der Waals surface area contributed by atoms with Crippen LogP contribution in [-0.4, -0.2) is 87.2 Å². The summed E-state index contributed by atoms with van der Waals surface area (Å²) < 4.78 is 14.2. The number of rotatable bonds is 3. The summed E-state index contributed by atoms with van der Waals surface area (Å²) in [7, 11) is 0. The molecule has 1 aromatic heterocycles. The van der Waals surface area contributed by atoms with Gasteiger partial charge in [-0.05, 0) is 34.2 Å². The van der Waals surface area contributed by atoms with Crippen molar-refractivity contribution < 1.29 is 9.18 Å². The van der Waals surface area contributed by atoms with Crippen LogP contribution in [0.25, 0.3) is 0 Å². The van der Waals surface area contributed by atoms with E-state index in [4.69, 9.17) is 0 Å². The van der Waals surface area contributed by atoms with Crippen molar-refractivity contribution in [3.8, 4) is 0 Å². The highest BCUT2D eigenvalue weighted by Crippen LogP contribution is 2.38. The van der Waals surface area contributed by atoms with E-state index in [1.165, 1.54) is 6.20 Å². The van der Waals surface area contributed by atoms with Gasteiger partial charge in [0.15, 0.2) is 11.6 Å². The molecule has 4 atom stereocenters. The number of carbonyl (C=O) groups is 1. The first-order chi connectivity index (χ1) is 14.2. The van der Waals surface area contributed by atoms with Gasteiger partial charge in [0, 0.05) is 38.1 Å². The zero-order valence-corrected chi connectivity index (χ0v) is 18.4. The number of likely N-dealkylation sites (tertiary alicyclic amines) is 1. The van der Waals surface area contributed by atoms with Crippen molar-refractivity contribution in [2.45, 2.75) is 58.4 Å². The van der Waals surface area contributed by atoms with E-state index < -0.39 is 5.82 Å². The second-order valence-electron chi connectivity index (χ2n) is 9.15. The Morgan fingerprint density at radius 2 is 2.10 bits per heavy atom. The lowest BCUT2D eigenvalue weighted by atomic mass is 9.90. The van der Waals surface area contributed by atoms with Crippen LogP contribution in [0.2, 0.25) is 0 Å². The zero-order chi connectivity index (χ0) is 21.6. The fraction of sp³-hybridized carbons (Fsp3) is 0.750. The Bertz CT molecular complexity index is 805. The highest BCUT2D eigenvalue weighted by molar-refractivity contribution is 5.76. The average Bonchev–Trinajstić information content (AvgIpc) is 3.22. The molecule has 0 bridgehead atoms. The predicted octanol–water partition coefficient (Wildman–Crippen LogP) is 0.995. The molecule has 4 rings (SSSR count). The molecule has 3 aliphatic rings. The highest BCUT2D eigenvalue weighted by atomic mass is 19.1. The third kappa shape index (κ3) is 3.61. The van der Waals surface area contributed by atoms with Crippen molar-refractivity contribution in [2.24, 2.45) is 5.92 Å². The van der Waals surface area contributed by atoms with E-state index in [2.05, 4.69) is 58.7 Å². The lowest BCUT2D eigenvalue weighted by Gasteiger charge is -2.44. The lowest BCUT2D eigenvalue weighted by Crippen LogP contribution is -2.61. The number of nitrogens with zero attached hydrogens (tertiary/aromatic N) is 5. The number of urea groups is 1. The highest BCUT2D eigenvalue weighted by Gasteiger charge is 2.56. The van der Waals surface area contributed by atoms with Gasteiger partial charge in [-0.3, -0.25) is 10.3 Å². The number of hydrogen-bond donors (Lipinski definition) is 3. The first-order valence-corrected chi connectivity index (χ1v) is 10.8. The number of carbonyl (C=O) groups excluding carboxylic acids is 1. The first-order valence-electron chi connectivity index (χ1n) is 10.8. The number of hydrogen-bond acceptors (Lipinski definition) is 7. The molecule has 2 amide bonds. The van der Waals surface area contributed by atoms with Crippen LogP contribution in [0.3, 0.4) is 0 Å². The van der Waals surface area contributed by atoms with Gasteiger partial charge in [0.05, 0.1) is 23.9 Å². The number of anilines is 1. The number of piperazine rings is 1. The zero-order valence-electron chi connectivity index (χ0n) is 18.4. The number of halogens is 1. The van der Waals surface area contributed by atoms with Crippen LogP contribution in [0.15, 0.2) is 6.20 Å². The molecular formula is C20H33FN8O. The van der Waals surface area contributed by atoms with Crippen LogP contribution in [0, 0.1) is 18.7 Å². The topological polar surface area (TPSA) is 88.7 Å². The van der Waals surface area contributed by atoms with Gasteiger partial charge in [-0.15, -0.1) is 0 Å². The number of aromatic nitrogens is 2. The quantitative estimate of drug-likeness (QED) is 0.672. The minimum absolute atomic E-state index is 0.0391. The molecule has 0 radical (unpaired) electrons. The van der Waals surface area contributed by atoms with Crippen molar-refractivity contribution in [3.05, 3.63) is 17.8 Å². The van der Waals surface area contributed by atoms with E-state index in [9.17, 15) is 9.18 Å². The molecule has 0 saturated carbocycles. The summed E-state index contributed by atoms with van der Waals surface area (Å²) >= 11 is 0. The van der Waals surface area contributed by atoms with E-state index in [0.717, 1.165) is 26.2 Å². The first kappa shape index (κ1) is 21.2. The Labute approximate surface area is 177 Å². The Morgan fingerprint density at radius 1 is 1.33 bits per heavy atom. The van der Waals surface area contributed by atoms with E-state index >= 15 is 0 Å². The molecule has 3 N–H and O–H groups in total. The number of likely N-dealkylation sites (N-methyl/N-ethyl adjacent to an activating group) is 1. The smallest absolute Gasteiger partial charge is 0.320 e. The Morgan fingerprint density at radius 3 is 2.80 bits per heavy atom. The van der Waals surface area contributed by atoms with Gasteiger partial charge in [-0.1, -0.05) is 6.92 Å². The van der Waals surface area contributed by atoms with Crippen molar-refractivity contribution in [2.75, 3.05) is 38.0 Å². The molecule has 3 unspecified atom stereocenters. The van der Waals surface area contributed by atoms with E-state index in [-0.39, 0.29) is 41.6 Å². The van der Waals surface area contributed by atoms with Gasteiger partial charge in [-0.2, -0.15) is 0 Å². The standard InChI is InChI=1S/C20H33FN8O/c1-6-27-7-8-28(12(2)10-27)19(30)29-11-14-16(20(29,4)5)25-26-17(14)24-18-15(21)9-22-13(3)23-18/h9,12,14,16-17,25-26H,6-8,10-11H2,1-5H3,(H,22,23,24)/t12-,14?,16?,17?/m0/s1. The van der Waals surface area contributed by atoms with Crippen LogP contribution in [0.4, 0.5) is 15.0 Å². The molecule has 3 saturated heterocycles. The molecule has 166 valence electrons. The van der Waals surface area contributed by atoms with Crippen molar-refractivity contribution in [1.82, 2.24) is 35.5 Å². The number of aryl methyl sites for hydroxylation is 1. The lowest BCUT2D eigenvalue weighted by molar-refractivity contribution is 0.0659. The van der Waals surface area contributed by atoms with Gasteiger partial charge in [0.2, 0.25) is 0 Å². The molecule has 3 fully saturated rings. The summed E-state index contributed by atoms with van der Waals surface area (Å²) in [5.74, 6) is 0.268. The van der Waals surface area contributed by atoms with Crippen molar-refractivity contribution >= 4 is 11.8 Å². The van der Waals surface area contributed by atoms with E-state index in [1.807, 2.05) is 9.80 Å². The maximum absolute atomic E-state index is 14.2. The van der Waals surface area contributed by atoms with Crippen LogP contribution < -0.4 is 16.2 Å². The van der Waals surface area contributed by atoms with E-state index in [1.54, 1.807) is 6.92 Å². The van der Waals surface area contributed by atoms with Crippen LogP contribution in [0.1, 0.15) is 33.5 Å². The molecule has 0 spiro atoms. The fourth-order valence-electron chi connectivity index (χ4n) is 5.04. The van der Waals surface area contributed by atoms with Crippen molar-refractivity contribution in [3.63, 3.8) is 0 Å². The number of amides is 2. The summed E-state index contributed by atoms with van der Waals surface area (Å²) in [6.07, 6.45) is 0.932. The summed E-state index contributed by atoms with van der Waals surface area (Å²) in [4.78, 5) is 27.9. The molecular weight excluding hydrogens is 387 g/mol. The third-order valence-electron chi connectivity index (χ3n) is 6.89. The monoisotopic (exact) mass is 420 g/mol. The molecule has 4 heterocycles. The summed E-state index contributed by atoms with van der Waals surface area (Å²) in [6, 6.07) is 0.306. The number of hydrazine groups is 1. The maximum Gasteiger partial charge on any atom is 0.320 e. The molecule has 9 nitrogen and oxygen atoms in total. The predicted molar refractivity (Wildman–Crippen MR) is 112 cm³/mol. The second kappa shape index (κ2) is 7.90. The minimum atomic E-state index is -0.487.